The molecule has 0 bridgehead atoms. The number of hydrogen-bond acceptors (Lipinski definition) is 2. The molecule has 0 saturated carbocycles. The van der Waals surface area contributed by atoms with E-state index in [1.54, 1.807) is 0 Å². The number of aliphatic hydroxyl groups is 1. The highest BCUT2D eigenvalue weighted by Crippen LogP contribution is 2.03. The minimum absolute atomic E-state index is 0.625. The van der Waals surface area contributed by atoms with E-state index < -0.39 is 6.23 Å². The summed E-state index contributed by atoms with van der Waals surface area (Å²) in [5.74, 6) is 0. The second-order valence-electron chi connectivity index (χ2n) is 3.05. The monoisotopic (exact) mass is 177 g/mol. The number of benzene rings is 1. The van der Waals surface area contributed by atoms with Crippen molar-refractivity contribution in [3.8, 4) is 0 Å². The van der Waals surface area contributed by atoms with Crippen molar-refractivity contribution in [2.45, 2.75) is 19.7 Å². The molecule has 0 aliphatic heterocycles. The fraction of sp³-hybridized carbons (Fsp3) is 0.273. The van der Waals surface area contributed by atoms with E-state index in [1.165, 1.54) is 17.2 Å². The highest BCUT2D eigenvalue weighted by molar-refractivity contribution is 5.22. The van der Waals surface area contributed by atoms with Gasteiger partial charge in [-0.15, -0.1) is 0 Å². The van der Waals surface area contributed by atoms with Gasteiger partial charge in [0.05, 0.1) is 0 Å². The van der Waals surface area contributed by atoms with Crippen molar-refractivity contribution in [2.75, 3.05) is 0 Å². The van der Waals surface area contributed by atoms with Gasteiger partial charge < -0.3 is 5.11 Å². The zero-order chi connectivity index (χ0) is 9.68. The van der Waals surface area contributed by atoms with Gasteiger partial charge in [-0.25, -0.2) is 0 Å². The average molecular weight is 177 g/mol. The molecule has 0 heterocycles. The molecule has 1 rings (SSSR count). The van der Waals surface area contributed by atoms with Crippen molar-refractivity contribution in [1.82, 2.24) is 5.32 Å². The lowest BCUT2D eigenvalue weighted by atomic mass is 10.1. The van der Waals surface area contributed by atoms with Gasteiger partial charge in [-0.05, 0) is 18.6 Å². The largest absolute Gasteiger partial charge is 0.375 e. The van der Waals surface area contributed by atoms with Crippen LogP contribution in [0.3, 0.4) is 0 Å². The summed E-state index contributed by atoms with van der Waals surface area (Å²) in [7, 11) is 0. The first-order chi connectivity index (χ1) is 6.22. The third kappa shape index (κ3) is 3.40. The first-order valence-electron chi connectivity index (χ1n) is 4.32. The molecule has 1 aromatic rings. The molecule has 0 aliphatic rings. The molecule has 2 heteroatoms. The van der Waals surface area contributed by atoms with Crippen molar-refractivity contribution in [2.24, 2.45) is 0 Å². The third-order valence-electron chi connectivity index (χ3n) is 1.82. The van der Waals surface area contributed by atoms with Crippen LogP contribution in [-0.4, -0.2) is 11.3 Å². The van der Waals surface area contributed by atoms with Crippen molar-refractivity contribution in [1.29, 1.82) is 0 Å². The predicted octanol–water partition coefficient (Wildman–Crippen LogP) is 1.59. The summed E-state index contributed by atoms with van der Waals surface area (Å²) in [5.41, 5.74) is 2.40. The maximum atomic E-state index is 9.16. The number of hydrogen-bond donors (Lipinski definition) is 2. The first kappa shape index (κ1) is 9.96. The lowest BCUT2D eigenvalue weighted by Crippen LogP contribution is -2.25. The Morgan fingerprint density at radius 3 is 3.00 bits per heavy atom. The maximum Gasteiger partial charge on any atom is 0.124 e. The van der Waals surface area contributed by atoms with Crippen LogP contribution in [0.15, 0.2) is 36.9 Å². The molecule has 1 atom stereocenters. The lowest BCUT2D eigenvalue weighted by molar-refractivity contribution is 0.183. The van der Waals surface area contributed by atoms with E-state index in [0.717, 1.165) is 0 Å². The topological polar surface area (TPSA) is 32.3 Å². The zero-order valence-electron chi connectivity index (χ0n) is 7.83. The van der Waals surface area contributed by atoms with E-state index in [0.29, 0.717) is 6.54 Å². The summed E-state index contributed by atoms with van der Waals surface area (Å²) in [5, 5.41) is 12.1. The number of aliphatic hydroxyl groups excluding tert-OH is 1. The first-order valence-corrected chi connectivity index (χ1v) is 4.32. The van der Waals surface area contributed by atoms with Crippen LogP contribution >= 0.6 is 0 Å². The van der Waals surface area contributed by atoms with Crippen molar-refractivity contribution < 1.29 is 5.11 Å². The van der Waals surface area contributed by atoms with E-state index in [9.17, 15) is 0 Å². The Morgan fingerprint density at radius 2 is 2.38 bits per heavy atom. The molecular formula is C11H15NO. The fourth-order valence-corrected chi connectivity index (χ4v) is 1.13. The summed E-state index contributed by atoms with van der Waals surface area (Å²) in [6, 6.07) is 8.17. The average Bonchev–Trinajstić information content (AvgIpc) is 2.14. The molecule has 0 saturated heterocycles. The molecular weight excluding hydrogens is 162 g/mol. The fourth-order valence-electron chi connectivity index (χ4n) is 1.13. The van der Waals surface area contributed by atoms with Crippen LogP contribution in [0.1, 0.15) is 11.1 Å². The third-order valence-corrected chi connectivity index (χ3v) is 1.82. The number of nitrogens with one attached hydrogen (secondary N) is 1. The molecule has 1 aromatic carbocycles. The molecule has 0 aliphatic carbocycles. The highest BCUT2D eigenvalue weighted by atomic mass is 16.3. The van der Waals surface area contributed by atoms with Gasteiger partial charge in [-0.2, -0.15) is 0 Å². The van der Waals surface area contributed by atoms with Crippen LogP contribution in [0.4, 0.5) is 0 Å². The Morgan fingerprint density at radius 1 is 1.62 bits per heavy atom. The van der Waals surface area contributed by atoms with Crippen LogP contribution in [0.5, 0.6) is 0 Å². The van der Waals surface area contributed by atoms with Crippen molar-refractivity contribution in [3.63, 3.8) is 0 Å². The van der Waals surface area contributed by atoms with Gasteiger partial charge in [0, 0.05) is 6.54 Å². The Kier molecular flexibility index (Phi) is 3.68. The Bertz CT molecular complexity index is 283. The predicted molar refractivity (Wildman–Crippen MR) is 54.2 cm³/mol. The minimum atomic E-state index is -0.625. The summed E-state index contributed by atoms with van der Waals surface area (Å²) in [6.07, 6.45) is 0.844. The van der Waals surface area contributed by atoms with Gasteiger partial charge in [0.2, 0.25) is 0 Å². The van der Waals surface area contributed by atoms with Gasteiger partial charge in [-0.3, -0.25) is 5.32 Å². The molecule has 1 unspecified atom stereocenters. The Labute approximate surface area is 78.9 Å². The number of rotatable bonds is 4. The quantitative estimate of drug-likeness (QED) is 0.540. The van der Waals surface area contributed by atoms with Gasteiger partial charge in [-0.1, -0.05) is 36.4 Å². The summed E-state index contributed by atoms with van der Waals surface area (Å²) >= 11 is 0. The van der Waals surface area contributed by atoms with Gasteiger partial charge in [0.1, 0.15) is 6.23 Å². The lowest BCUT2D eigenvalue weighted by Gasteiger charge is -2.08. The van der Waals surface area contributed by atoms with E-state index in [2.05, 4.69) is 18.0 Å². The molecule has 2 N–H and O–H groups in total. The van der Waals surface area contributed by atoms with E-state index in [4.69, 9.17) is 5.11 Å². The van der Waals surface area contributed by atoms with Crippen LogP contribution in [0.2, 0.25) is 0 Å². The molecule has 0 fully saturated rings. The Balaban J connectivity index is 2.49. The van der Waals surface area contributed by atoms with Crippen molar-refractivity contribution in [3.05, 3.63) is 48.0 Å². The normalized spacial score (nSPS) is 12.5. The van der Waals surface area contributed by atoms with Crippen LogP contribution in [0, 0.1) is 6.92 Å². The van der Waals surface area contributed by atoms with Crippen LogP contribution in [0.25, 0.3) is 0 Å². The van der Waals surface area contributed by atoms with Crippen LogP contribution < -0.4 is 5.32 Å². The van der Waals surface area contributed by atoms with Gasteiger partial charge in [0.25, 0.3) is 0 Å². The molecule has 70 valence electrons. The van der Waals surface area contributed by atoms with Crippen LogP contribution in [-0.2, 0) is 6.54 Å². The summed E-state index contributed by atoms with van der Waals surface area (Å²) < 4.78 is 0. The minimum Gasteiger partial charge on any atom is -0.375 e. The molecule has 0 aromatic heterocycles. The molecule has 2 nitrogen and oxygen atoms in total. The standard InChI is InChI=1S/C11H15NO/c1-3-11(13)12-8-10-6-4-5-9(2)7-10/h3-7,11-13H,1,8H2,2H3. The van der Waals surface area contributed by atoms with E-state index >= 15 is 0 Å². The molecule has 0 amide bonds. The molecule has 0 radical (unpaired) electrons. The second-order valence-corrected chi connectivity index (χ2v) is 3.05. The Hall–Kier alpha value is -1.12. The number of aryl methyl sites for hydroxylation is 1. The molecule has 0 spiro atoms. The highest BCUT2D eigenvalue weighted by Gasteiger charge is 1.96. The zero-order valence-corrected chi connectivity index (χ0v) is 7.83. The van der Waals surface area contributed by atoms with E-state index in [-0.39, 0.29) is 0 Å². The van der Waals surface area contributed by atoms with Crippen molar-refractivity contribution >= 4 is 0 Å². The molecule has 13 heavy (non-hydrogen) atoms. The van der Waals surface area contributed by atoms with E-state index in [1.807, 2.05) is 25.1 Å². The maximum absolute atomic E-state index is 9.16. The SMILES string of the molecule is C=CC(O)NCc1cccc(C)c1. The van der Waals surface area contributed by atoms with Gasteiger partial charge >= 0.3 is 0 Å². The van der Waals surface area contributed by atoms with Gasteiger partial charge in [0.15, 0.2) is 0 Å². The summed E-state index contributed by atoms with van der Waals surface area (Å²) in [6.45, 7) is 6.19. The smallest absolute Gasteiger partial charge is 0.124 e. The second kappa shape index (κ2) is 4.80. The summed E-state index contributed by atoms with van der Waals surface area (Å²) in [4.78, 5) is 0.